The average Bonchev–Trinajstić information content (AvgIpc) is 2.04. The first-order valence-corrected chi connectivity index (χ1v) is 3.49. The van der Waals surface area contributed by atoms with Gasteiger partial charge in [0.2, 0.25) is 0 Å². The second-order valence-corrected chi connectivity index (χ2v) is 2.39. The lowest BCUT2D eigenvalue weighted by Crippen LogP contribution is -2.28. The summed E-state index contributed by atoms with van der Waals surface area (Å²) < 4.78 is 1.51. The smallest absolute Gasteiger partial charge is 0.328 e. The minimum Gasteiger partial charge on any atom is -0.328 e. The van der Waals surface area contributed by atoms with E-state index in [-0.39, 0.29) is 11.7 Å². The van der Waals surface area contributed by atoms with E-state index in [9.17, 15) is 4.79 Å². The Morgan fingerprint density at radius 2 is 2.55 bits per heavy atom. The van der Waals surface area contributed by atoms with Gasteiger partial charge in [0.05, 0.1) is 0 Å². The summed E-state index contributed by atoms with van der Waals surface area (Å²) in [6.45, 7) is 2.33. The normalized spacial score (nSPS) is 12.9. The van der Waals surface area contributed by atoms with Crippen LogP contribution < -0.4 is 11.4 Å². The molecule has 60 valence electrons. The second kappa shape index (κ2) is 3.30. The number of hydrogen-bond acceptors (Lipinski definition) is 3. The first kappa shape index (κ1) is 7.94. The van der Waals surface area contributed by atoms with Crippen molar-refractivity contribution in [1.82, 2.24) is 9.55 Å². The van der Waals surface area contributed by atoms with Crippen molar-refractivity contribution in [3.63, 3.8) is 0 Å². The predicted molar refractivity (Wildman–Crippen MR) is 42.3 cm³/mol. The van der Waals surface area contributed by atoms with Crippen LogP contribution in [0, 0.1) is 0 Å². The molecule has 1 unspecified atom stereocenters. The van der Waals surface area contributed by atoms with Crippen LogP contribution in [0.1, 0.15) is 13.0 Å². The van der Waals surface area contributed by atoms with Crippen molar-refractivity contribution in [2.24, 2.45) is 5.73 Å². The number of hydrogen-bond donors (Lipinski definition) is 1. The van der Waals surface area contributed by atoms with Crippen molar-refractivity contribution in [1.29, 1.82) is 0 Å². The van der Waals surface area contributed by atoms with Gasteiger partial charge in [-0.1, -0.05) is 0 Å². The lowest BCUT2D eigenvalue weighted by atomic mass is 10.3. The Morgan fingerprint density at radius 1 is 1.82 bits per heavy atom. The van der Waals surface area contributed by atoms with E-state index in [0.717, 1.165) is 0 Å². The number of nitrogens with zero attached hydrogens (tertiary/aromatic N) is 2. The third kappa shape index (κ3) is 1.65. The zero-order valence-electron chi connectivity index (χ0n) is 6.40. The summed E-state index contributed by atoms with van der Waals surface area (Å²) in [4.78, 5) is 14.6. The second-order valence-electron chi connectivity index (χ2n) is 2.39. The molecule has 1 atom stereocenters. The highest BCUT2D eigenvalue weighted by atomic mass is 16.1. The summed E-state index contributed by atoms with van der Waals surface area (Å²) in [7, 11) is 0. The van der Waals surface area contributed by atoms with Gasteiger partial charge in [-0.2, -0.15) is 0 Å². The molecule has 0 spiro atoms. The van der Waals surface area contributed by atoms with Gasteiger partial charge in [0.25, 0.3) is 0 Å². The summed E-state index contributed by atoms with van der Waals surface area (Å²) in [5.41, 5.74) is 5.14. The van der Waals surface area contributed by atoms with Crippen LogP contribution in [-0.2, 0) is 0 Å². The van der Waals surface area contributed by atoms with Crippen molar-refractivity contribution in [2.75, 3.05) is 6.54 Å². The SMILES string of the molecule is CC(CN)n1cccnc1=O. The minimum absolute atomic E-state index is 0.0243. The van der Waals surface area contributed by atoms with E-state index in [0.29, 0.717) is 6.54 Å². The molecule has 1 aromatic rings. The lowest BCUT2D eigenvalue weighted by molar-refractivity contribution is 0.528. The summed E-state index contributed by atoms with van der Waals surface area (Å²) in [6, 6.07) is 1.74. The van der Waals surface area contributed by atoms with E-state index >= 15 is 0 Å². The third-order valence-corrected chi connectivity index (χ3v) is 1.55. The van der Waals surface area contributed by atoms with Crippen molar-refractivity contribution >= 4 is 0 Å². The molecular formula is C7H11N3O. The average molecular weight is 153 g/mol. The Kier molecular flexibility index (Phi) is 2.38. The molecule has 1 heterocycles. The number of nitrogens with two attached hydrogens (primary N) is 1. The van der Waals surface area contributed by atoms with Gasteiger partial charge in [-0.25, -0.2) is 9.78 Å². The Bertz CT molecular complexity index is 281. The fraction of sp³-hybridized carbons (Fsp3) is 0.429. The quantitative estimate of drug-likeness (QED) is 0.638. The molecule has 4 heteroatoms. The van der Waals surface area contributed by atoms with E-state index in [1.54, 1.807) is 12.3 Å². The van der Waals surface area contributed by atoms with Crippen molar-refractivity contribution in [3.05, 3.63) is 28.9 Å². The number of rotatable bonds is 2. The van der Waals surface area contributed by atoms with E-state index in [1.807, 2.05) is 6.92 Å². The monoisotopic (exact) mass is 153 g/mol. The van der Waals surface area contributed by atoms with Crippen molar-refractivity contribution in [3.8, 4) is 0 Å². The van der Waals surface area contributed by atoms with Gasteiger partial charge in [-0.3, -0.25) is 4.57 Å². The van der Waals surface area contributed by atoms with Gasteiger partial charge >= 0.3 is 5.69 Å². The van der Waals surface area contributed by atoms with Crippen LogP contribution in [-0.4, -0.2) is 16.1 Å². The van der Waals surface area contributed by atoms with Crippen LogP contribution in [0.2, 0.25) is 0 Å². The summed E-state index contributed by atoms with van der Waals surface area (Å²) in [5, 5.41) is 0. The maximum atomic E-state index is 11.0. The predicted octanol–water partition coefficient (Wildman–Crippen LogP) is -0.237. The van der Waals surface area contributed by atoms with Gasteiger partial charge in [0.15, 0.2) is 0 Å². The third-order valence-electron chi connectivity index (χ3n) is 1.55. The molecule has 0 aliphatic heterocycles. The van der Waals surface area contributed by atoms with E-state index in [4.69, 9.17) is 5.73 Å². The molecule has 0 radical (unpaired) electrons. The standard InChI is InChI=1S/C7H11N3O/c1-6(5-8)10-4-2-3-9-7(10)11/h2-4,6H,5,8H2,1H3. The molecule has 2 N–H and O–H groups in total. The highest BCUT2D eigenvalue weighted by Gasteiger charge is 2.01. The highest BCUT2D eigenvalue weighted by molar-refractivity contribution is 4.83. The van der Waals surface area contributed by atoms with Crippen LogP contribution in [0.5, 0.6) is 0 Å². The van der Waals surface area contributed by atoms with Crippen LogP contribution in [0.25, 0.3) is 0 Å². The largest absolute Gasteiger partial charge is 0.347 e. The summed E-state index contributed by atoms with van der Waals surface area (Å²) in [5.74, 6) is 0. The molecule has 0 amide bonds. The first-order valence-electron chi connectivity index (χ1n) is 3.49. The molecule has 0 aliphatic rings. The molecule has 1 aromatic heterocycles. The molecule has 4 nitrogen and oxygen atoms in total. The molecule has 0 fully saturated rings. The molecule has 0 aromatic carbocycles. The van der Waals surface area contributed by atoms with Crippen LogP contribution >= 0.6 is 0 Å². The summed E-state index contributed by atoms with van der Waals surface area (Å²) in [6.07, 6.45) is 3.16. The van der Waals surface area contributed by atoms with Gasteiger partial charge in [0, 0.05) is 25.0 Å². The van der Waals surface area contributed by atoms with Crippen molar-refractivity contribution in [2.45, 2.75) is 13.0 Å². The van der Waals surface area contributed by atoms with Crippen LogP contribution in [0.4, 0.5) is 0 Å². The minimum atomic E-state index is -0.245. The fourth-order valence-corrected chi connectivity index (χ4v) is 0.817. The fourth-order valence-electron chi connectivity index (χ4n) is 0.817. The number of aromatic nitrogens is 2. The molecule has 0 aliphatic carbocycles. The maximum absolute atomic E-state index is 11.0. The molecule has 0 saturated heterocycles. The Hall–Kier alpha value is -1.16. The molecule has 1 rings (SSSR count). The van der Waals surface area contributed by atoms with Crippen LogP contribution in [0.15, 0.2) is 23.3 Å². The first-order chi connectivity index (χ1) is 5.25. The summed E-state index contributed by atoms with van der Waals surface area (Å²) >= 11 is 0. The molecule has 11 heavy (non-hydrogen) atoms. The molecular weight excluding hydrogens is 142 g/mol. The molecule has 0 saturated carbocycles. The van der Waals surface area contributed by atoms with Gasteiger partial charge in [-0.05, 0) is 13.0 Å². The molecule has 0 bridgehead atoms. The Labute approximate surface area is 64.7 Å². The maximum Gasteiger partial charge on any atom is 0.347 e. The van der Waals surface area contributed by atoms with E-state index in [2.05, 4.69) is 4.98 Å². The van der Waals surface area contributed by atoms with Gasteiger partial charge < -0.3 is 5.73 Å². The highest BCUT2D eigenvalue weighted by Crippen LogP contribution is 1.95. The Balaban J connectivity index is 3.03. The van der Waals surface area contributed by atoms with Crippen LogP contribution in [0.3, 0.4) is 0 Å². The lowest BCUT2D eigenvalue weighted by Gasteiger charge is -2.09. The zero-order valence-corrected chi connectivity index (χ0v) is 6.40. The van der Waals surface area contributed by atoms with E-state index in [1.165, 1.54) is 10.8 Å². The van der Waals surface area contributed by atoms with Gasteiger partial charge in [0.1, 0.15) is 0 Å². The van der Waals surface area contributed by atoms with E-state index < -0.39 is 0 Å². The van der Waals surface area contributed by atoms with Gasteiger partial charge in [-0.15, -0.1) is 0 Å². The topological polar surface area (TPSA) is 60.9 Å². The van der Waals surface area contributed by atoms with Crippen molar-refractivity contribution < 1.29 is 0 Å². The zero-order chi connectivity index (χ0) is 8.27. The Morgan fingerprint density at radius 3 is 3.09 bits per heavy atom.